The Bertz CT molecular complexity index is 1420. The lowest BCUT2D eigenvalue weighted by Gasteiger charge is -2.08. The van der Waals surface area contributed by atoms with Crippen LogP contribution in [0.2, 0.25) is 0 Å². The number of rotatable bonds is 3. The van der Waals surface area contributed by atoms with Crippen LogP contribution in [0.25, 0.3) is 21.5 Å². The van der Waals surface area contributed by atoms with Crippen LogP contribution < -0.4 is 10.9 Å². The Morgan fingerprint density at radius 3 is 2.88 bits per heavy atom. The maximum atomic E-state index is 14.0. The van der Waals surface area contributed by atoms with Gasteiger partial charge in [0.1, 0.15) is 22.3 Å². The number of carbonyl (C=O) groups is 1. The van der Waals surface area contributed by atoms with Gasteiger partial charge in [0.05, 0.1) is 16.0 Å². The molecule has 164 valence electrons. The van der Waals surface area contributed by atoms with Crippen molar-refractivity contribution in [1.82, 2.24) is 14.5 Å². The zero-order chi connectivity index (χ0) is 22.4. The summed E-state index contributed by atoms with van der Waals surface area (Å²) in [5.41, 5.74) is 0.753. The molecule has 1 aliphatic heterocycles. The van der Waals surface area contributed by atoms with Crippen molar-refractivity contribution in [2.75, 3.05) is 5.32 Å². The van der Waals surface area contributed by atoms with Gasteiger partial charge in [-0.1, -0.05) is 6.42 Å². The first-order chi connectivity index (χ1) is 15.4. The summed E-state index contributed by atoms with van der Waals surface area (Å²) in [6.45, 7) is 2.39. The second kappa shape index (κ2) is 8.18. The van der Waals surface area contributed by atoms with E-state index in [9.17, 15) is 18.4 Å². The highest BCUT2D eigenvalue weighted by Crippen LogP contribution is 2.31. The number of nitrogens with one attached hydrogen (secondary N) is 1. The SMILES string of the molecule is Cc1c(C(=O)Nc2nc(-c3cc(F)ccc3F)cs2)sc2nc3n(c(=O)c12)CCCCC3. The van der Waals surface area contributed by atoms with E-state index in [0.717, 1.165) is 61.0 Å². The Morgan fingerprint density at radius 1 is 1.19 bits per heavy atom. The molecule has 1 amide bonds. The van der Waals surface area contributed by atoms with Crippen molar-refractivity contribution >= 4 is 43.9 Å². The molecule has 4 aromatic rings. The van der Waals surface area contributed by atoms with Gasteiger partial charge in [0.25, 0.3) is 11.5 Å². The summed E-state index contributed by atoms with van der Waals surface area (Å²) in [5, 5.41) is 5.00. The van der Waals surface area contributed by atoms with E-state index in [4.69, 9.17) is 0 Å². The third-order valence-electron chi connectivity index (χ3n) is 5.55. The van der Waals surface area contributed by atoms with Gasteiger partial charge < -0.3 is 0 Å². The minimum atomic E-state index is -0.596. The number of halogens is 2. The van der Waals surface area contributed by atoms with Crippen molar-refractivity contribution in [3.8, 4) is 11.3 Å². The predicted molar refractivity (Wildman–Crippen MR) is 122 cm³/mol. The van der Waals surface area contributed by atoms with Gasteiger partial charge in [0, 0.05) is 23.9 Å². The fourth-order valence-electron chi connectivity index (χ4n) is 3.93. The van der Waals surface area contributed by atoms with Gasteiger partial charge in [0.2, 0.25) is 0 Å². The Balaban J connectivity index is 1.46. The minimum absolute atomic E-state index is 0.0264. The number of carbonyl (C=O) groups excluding carboxylic acids is 1. The van der Waals surface area contributed by atoms with Gasteiger partial charge in [-0.3, -0.25) is 19.5 Å². The smallest absolute Gasteiger partial charge is 0.267 e. The Labute approximate surface area is 189 Å². The highest BCUT2D eigenvalue weighted by molar-refractivity contribution is 7.21. The number of benzene rings is 1. The summed E-state index contributed by atoms with van der Waals surface area (Å²) >= 11 is 2.29. The Hall–Kier alpha value is -2.98. The van der Waals surface area contributed by atoms with Crippen molar-refractivity contribution in [2.24, 2.45) is 0 Å². The lowest BCUT2D eigenvalue weighted by molar-refractivity contribution is 0.103. The quantitative estimate of drug-likeness (QED) is 0.448. The van der Waals surface area contributed by atoms with E-state index in [1.165, 1.54) is 11.3 Å². The number of aromatic nitrogens is 3. The predicted octanol–water partition coefficient (Wildman–Crippen LogP) is 5.15. The highest BCUT2D eigenvalue weighted by atomic mass is 32.1. The van der Waals surface area contributed by atoms with Gasteiger partial charge in [-0.15, -0.1) is 22.7 Å². The minimum Gasteiger partial charge on any atom is -0.297 e. The summed E-state index contributed by atoms with van der Waals surface area (Å²) in [7, 11) is 0. The van der Waals surface area contributed by atoms with Crippen molar-refractivity contribution in [1.29, 1.82) is 0 Å². The van der Waals surface area contributed by atoms with Gasteiger partial charge in [-0.25, -0.2) is 18.7 Å². The van der Waals surface area contributed by atoms with Gasteiger partial charge in [0.15, 0.2) is 5.13 Å². The number of amides is 1. The number of hydrogen-bond donors (Lipinski definition) is 1. The first-order valence-electron chi connectivity index (χ1n) is 10.2. The summed E-state index contributed by atoms with van der Waals surface area (Å²) in [4.78, 5) is 35.9. The first-order valence-corrected chi connectivity index (χ1v) is 11.9. The molecule has 0 fully saturated rings. The van der Waals surface area contributed by atoms with Crippen LogP contribution in [0, 0.1) is 18.6 Å². The molecule has 5 rings (SSSR count). The maximum Gasteiger partial charge on any atom is 0.267 e. The molecule has 0 unspecified atom stereocenters. The van der Waals surface area contributed by atoms with Crippen LogP contribution >= 0.6 is 22.7 Å². The normalized spacial score (nSPS) is 13.7. The summed E-state index contributed by atoms with van der Waals surface area (Å²) in [6, 6.07) is 3.14. The van der Waals surface area contributed by atoms with Crippen LogP contribution in [0.3, 0.4) is 0 Å². The topological polar surface area (TPSA) is 76.9 Å². The second-order valence-corrected chi connectivity index (χ2v) is 9.51. The summed E-state index contributed by atoms with van der Waals surface area (Å²) < 4.78 is 29.3. The lowest BCUT2D eigenvalue weighted by Crippen LogP contribution is -2.24. The standard InChI is InChI=1S/C22H18F2N4O2S2/c1-11-17-20(26-16-5-3-2-4-8-28(16)21(17)30)32-18(11)19(29)27-22-25-15(10-31-22)13-9-12(23)6-7-14(13)24/h6-7,9-10H,2-5,8H2,1H3,(H,25,27,29). The number of aryl methyl sites for hydroxylation is 2. The molecule has 0 radical (unpaired) electrons. The number of fused-ring (bicyclic) bond motifs is 2. The van der Waals surface area contributed by atoms with Crippen molar-refractivity contribution in [2.45, 2.75) is 39.2 Å². The third kappa shape index (κ3) is 3.63. The maximum absolute atomic E-state index is 14.0. The van der Waals surface area contributed by atoms with Crippen LogP contribution in [0.4, 0.5) is 13.9 Å². The number of hydrogen-bond acceptors (Lipinski definition) is 6. The molecular formula is C22H18F2N4O2S2. The fraction of sp³-hybridized carbons (Fsp3) is 0.273. The fourth-order valence-corrected chi connectivity index (χ4v) is 5.72. The van der Waals surface area contributed by atoms with E-state index in [2.05, 4.69) is 15.3 Å². The number of nitrogens with zero attached hydrogens (tertiary/aromatic N) is 3. The van der Waals surface area contributed by atoms with E-state index >= 15 is 0 Å². The Morgan fingerprint density at radius 2 is 2.03 bits per heavy atom. The van der Waals surface area contributed by atoms with Crippen LogP contribution in [0.5, 0.6) is 0 Å². The number of thiazole rings is 1. The number of anilines is 1. The van der Waals surface area contributed by atoms with Crippen LogP contribution in [0.15, 0.2) is 28.4 Å². The average Bonchev–Trinajstić information content (AvgIpc) is 3.26. The van der Waals surface area contributed by atoms with E-state index in [1.807, 2.05) is 0 Å². The molecular weight excluding hydrogens is 454 g/mol. The molecule has 6 nitrogen and oxygen atoms in total. The van der Waals surface area contributed by atoms with Gasteiger partial charge in [-0.05, 0) is 43.5 Å². The molecule has 0 spiro atoms. The lowest BCUT2D eigenvalue weighted by atomic mass is 10.1. The van der Waals surface area contributed by atoms with Crippen molar-refractivity contribution < 1.29 is 13.6 Å². The average molecular weight is 473 g/mol. The molecule has 1 aliphatic rings. The van der Waals surface area contributed by atoms with Crippen LogP contribution in [0.1, 0.15) is 40.3 Å². The molecule has 0 saturated heterocycles. The second-order valence-electron chi connectivity index (χ2n) is 7.65. The molecule has 0 atom stereocenters. The summed E-state index contributed by atoms with van der Waals surface area (Å²) in [6.07, 6.45) is 3.75. The molecule has 0 aliphatic carbocycles. The van der Waals surface area contributed by atoms with Crippen LogP contribution in [-0.2, 0) is 13.0 Å². The van der Waals surface area contributed by atoms with Gasteiger partial charge >= 0.3 is 0 Å². The highest BCUT2D eigenvalue weighted by Gasteiger charge is 2.23. The van der Waals surface area contributed by atoms with E-state index in [-0.39, 0.29) is 21.9 Å². The molecule has 10 heteroatoms. The molecule has 0 bridgehead atoms. The molecule has 3 aromatic heterocycles. The zero-order valence-corrected chi connectivity index (χ0v) is 18.7. The van der Waals surface area contributed by atoms with Crippen molar-refractivity contribution in [3.63, 3.8) is 0 Å². The molecule has 4 heterocycles. The van der Waals surface area contributed by atoms with Crippen molar-refractivity contribution in [3.05, 3.63) is 61.8 Å². The molecule has 1 N–H and O–H groups in total. The van der Waals surface area contributed by atoms with Gasteiger partial charge in [-0.2, -0.15) is 0 Å². The van der Waals surface area contributed by atoms with E-state index < -0.39 is 17.5 Å². The zero-order valence-electron chi connectivity index (χ0n) is 17.1. The molecule has 1 aromatic carbocycles. The summed E-state index contributed by atoms with van der Waals surface area (Å²) in [5.74, 6) is -0.806. The number of thiophene rings is 1. The van der Waals surface area contributed by atoms with E-state index in [0.29, 0.717) is 27.2 Å². The third-order valence-corrected chi connectivity index (χ3v) is 7.49. The van der Waals surface area contributed by atoms with E-state index in [1.54, 1.807) is 16.9 Å². The Kier molecular flexibility index (Phi) is 5.34. The first kappa shape index (κ1) is 20.9. The van der Waals surface area contributed by atoms with Crippen LogP contribution in [-0.4, -0.2) is 20.4 Å². The largest absolute Gasteiger partial charge is 0.297 e. The molecule has 0 saturated carbocycles. The monoisotopic (exact) mass is 472 g/mol. The molecule has 32 heavy (non-hydrogen) atoms.